The first kappa shape index (κ1) is 15.5. The highest BCUT2D eigenvalue weighted by Gasteiger charge is 2.51. The Morgan fingerprint density at radius 3 is 2.81 bits per heavy atom. The first-order valence-electron chi connectivity index (χ1n) is 6.45. The fraction of sp³-hybridized carbons (Fsp3) is 0.357. The molecule has 0 aromatic heterocycles. The molecular formula is C14H15BrN2O4. The molecule has 7 heteroatoms. The van der Waals surface area contributed by atoms with Gasteiger partial charge in [0.25, 0.3) is 5.91 Å². The molecule has 0 saturated carbocycles. The van der Waals surface area contributed by atoms with Crippen molar-refractivity contribution in [3.8, 4) is 0 Å². The summed E-state index contributed by atoms with van der Waals surface area (Å²) in [6.07, 6.45) is 0.0476. The number of anilines is 1. The zero-order chi connectivity index (χ0) is 15.6. The highest BCUT2D eigenvalue weighted by atomic mass is 79.9. The van der Waals surface area contributed by atoms with Gasteiger partial charge in [-0.3, -0.25) is 9.59 Å². The minimum absolute atomic E-state index is 0.0476. The van der Waals surface area contributed by atoms with E-state index in [0.717, 1.165) is 10.0 Å². The summed E-state index contributed by atoms with van der Waals surface area (Å²) in [5.74, 6) is -1.83. The summed E-state index contributed by atoms with van der Waals surface area (Å²) in [6.45, 7) is 3.02. The van der Waals surface area contributed by atoms with Crippen molar-refractivity contribution in [3.05, 3.63) is 28.2 Å². The molecule has 0 radical (unpaired) electrons. The van der Waals surface area contributed by atoms with E-state index in [1.54, 1.807) is 25.1 Å². The third-order valence-corrected chi connectivity index (χ3v) is 3.67. The van der Waals surface area contributed by atoms with Crippen molar-refractivity contribution in [1.29, 1.82) is 0 Å². The molecule has 0 aliphatic carbocycles. The summed E-state index contributed by atoms with van der Waals surface area (Å²) >= 11 is 3.35. The Labute approximate surface area is 130 Å². The van der Waals surface area contributed by atoms with Crippen LogP contribution in [0, 0.1) is 0 Å². The zero-order valence-corrected chi connectivity index (χ0v) is 13.2. The van der Waals surface area contributed by atoms with Crippen molar-refractivity contribution in [2.45, 2.75) is 25.8 Å². The molecule has 1 heterocycles. The van der Waals surface area contributed by atoms with Gasteiger partial charge in [0, 0.05) is 23.5 Å². The number of carbonyl (C=O) groups is 3. The van der Waals surface area contributed by atoms with E-state index in [-0.39, 0.29) is 13.0 Å². The fourth-order valence-electron chi connectivity index (χ4n) is 2.30. The lowest BCUT2D eigenvalue weighted by molar-refractivity contribution is -0.157. The Morgan fingerprint density at radius 2 is 2.19 bits per heavy atom. The molecule has 0 spiro atoms. The van der Waals surface area contributed by atoms with Crippen molar-refractivity contribution in [2.75, 3.05) is 11.9 Å². The summed E-state index contributed by atoms with van der Waals surface area (Å²) in [7, 11) is 0. The number of esters is 1. The average Bonchev–Trinajstić information content (AvgIpc) is 2.39. The van der Waals surface area contributed by atoms with Crippen LogP contribution in [-0.4, -0.2) is 29.9 Å². The van der Waals surface area contributed by atoms with Gasteiger partial charge in [0.05, 0.1) is 6.61 Å². The molecule has 1 unspecified atom stereocenters. The molecular weight excluding hydrogens is 340 g/mol. The molecule has 1 aliphatic heterocycles. The number of ether oxygens (including phenoxy) is 1. The third kappa shape index (κ3) is 2.92. The standard InChI is InChI=1S/C14H15BrN2O4/c1-3-21-13(20)14(17-8(2)18)7-9-6-10(15)4-5-11(9)16-12(14)19/h4-6H,3,7H2,1-2H3,(H,16,19)(H,17,18). The number of carbonyl (C=O) groups excluding carboxylic acids is 3. The van der Waals surface area contributed by atoms with Gasteiger partial charge in [0.1, 0.15) is 0 Å². The highest BCUT2D eigenvalue weighted by Crippen LogP contribution is 2.31. The van der Waals surface area contributed by atoms with Crippen LogP contribution in [0.2, 0.25) is 0 Å². The van der Waals surface area contributed by atoms with Gasteiger partial charge in [-0.15, -0.1) is 0 Å². The van der Waals surface area contributed by atoms with Gasteiger partial charge < -0.3 is 15.4 Å². The summed E-state index contributed by atoms with van der Waals surface area (Å²) in [5.41, 5.74) is -0.366. The van der Waals surface area contributed by atoms with Gasteiger partial charge in [0.2, 0.25) is 11.4 Å². The number of benzene rings is 1. The number of hydrogen-bond donors (Lipinski definition) is 2. The molecule has 1 aromatic rings. The van der Waals surface area contributed by atoms with Gasteiger partial charge in [0.15, 0.2) is 0 Å². The van der Waals surface area contributed by atoms with Crippen LogP contribution in [-0.2, 0) is 25.5 Å². The Morgan fingerprint density at radius 1 is 1.48 bits per heavy atom. The molecule has 0 fully saturated rings. The van der Waals surface area contributed by atoms with E-state index in [1.165, 1.54) is 6.92 Å². The van der Waals surface area contributed by atoms with E-state index in [1.807, 2.05) is 0 Å². The van der Waals surface area contributed by atoms with Crippen LogP contribution in [0.25, 0.3) is 0 Å². The van der Waals surface area contributed by atoms with Crippen molar-refractivity contribution in [2.24, 2.45) is 0 Å². The minimum atomic E-state index is -1.73. The quantitative estimate of drug-likeness (QED) is 0.634. The Kier molecular flexibility index (Phi) is 4.32. The van der Waals surface area contributed by atoms with E-state index >= 15 is 0 Å². The predicted molar refractivity (Wildman–Crippen MR) is 79.7 cm³/mol. The largest absolute Gasteiger partial charge is 0.464 e. The number of amides is 2. The molecule has 2 N–H and O–H groups in total. The van der Waals surface area contributed by atoms with Crippen LogP contribution < -0.4 is 10.6 Å². The maximum Gasteiger partial charge on any atom is 0.342 e. The van der Waals surface area contributed by atoms with Crippen LogP contribution in [0.5, 0.6) is 0 Å². The first-order chi connectivity index (χ1) is 9.89. The lowest BCUT2D eigenvalue weighted by Gasteiger charge is -2.35. The van der Waals surface area contributed by atoms with Crippen molar-refractivity contribution in [3.63, 3.8) is 0 Å². The normalized spacial score (nSPS) is 20.2. The molecule has 1 aromatic carbocycles. The number of fused-ring (bicyclic) bond motifs is 1. The second-order valence-electron chi connectivity index (χ2n) is 4.74. The number of nitrogens with one attached hydrogen (secondary N) is 2. The molecule has 6 nitrogen and oxygen atoms in total. The number of halogens is 1. The van der Waals surface area contributed by atoms with Crippen LogP contribution in [0.1, 0.15) is 19.4 Å². The molecule has 2 amide bonds. The SMILES string of the molecule is CCOC(=O)C1(NC(C)=O)Cc2cc(Br)ccc2NC1=O. The van der Waals surface area contributed by atoms with Crippen molar-refractivity contribution in [1.82, 2.24) is 5.32 Å². The molecule has 1 atom stereocenters. The van der Waals surface area contributed by atoms with Crippen LogP contribution in [0.15, 0.2) is 22.7 Å². The Hall–Kier alpha value is -1.89. The molecule has 1 aliphatic rings. The lowest BCUT2D eigenvalue weighted by atomic mass is 9.85. The Bertz CT molecular complexity index is 617. The second kappa shape index (κ2) is 5.85. The van der Waals surface area contributed by atoms with E-state index in [0.29, 0.717) is 5.69 Å². The molecule has 21 heavy (non-hydrogen) atoms. The summed E-state index contributed by atoms with van der Waals surface area (Å²) in [5, 5.41) is 5.10. The first-order valence-corrected chi connectivity index (χ1v) is 7.24. The number of hydrogen-bond acceptors (Lipinski definition) is 4. The smallest absolute Gasteiger partial charge is 0.342 e. The van der Waals surface area contributed by atoms with Gasteiger partial charge >= 0.3 is 5.97 Å². The monoisotopic (exact) mass is 354 g/mol. The van der Waals surface area contributed by atoms with Gasteiger partial charge in [-0.05, 0) is 30.7 Å². The molecule has 0 saturated heterocycles. The van der Waals surface area contributed by atoms with E-state index in [2.05, 4.69) is 26.6 Å². The maximum absolute atomic E-state index is 12.4. The average molecular weight is 355 g/mol. The summed E-state index contributed by atoms with van der Waals surface area (Å²) in [4.78, 5) is 36.1. The van der Waals surface area contributed by atoms with Crippen molar-refractivity contribution < 1.29 is 19.1 Å². The zero-order valence-electron chi connectivity index (χ0n) is 11.7. The predicted octanol–water partition coefficient (Wildman–Crippen LogP) is 1.38. The molecule has 0 bridgehead atoms. The third-order valence-electron chi connectivity index (χ3n) is 3.17. The van der Waals surface area contributed by atoms with Crippen molar-refractivity contribution >= 4 is 39.4 Å². The highest BCUT2D eigenvalue weighted by molar-refractivity contribution is 9.10. The minimum Gasteiger partial charge on any atom is -0.464 e. The molecule has 112 valence electrons. The number of rotatable bonds is 3. The van der Waals surface area contributed by atoms with Crippen LogP contribution in [0.3, 0.4) is 0 Å². The fourth-order valence-corrected chi connectivity index (χ4v) is 2.71. The van der Waals surface area contributed by atoms with Gasteiger partial charge in [-0.2, -0.15) is 0 Å². The topological polar surface area (TPSA) is 84.5 Å². The van der Waals surface area contributed by atoms with E-state index < -0.39 is 23.3 Å². The van der Waals surface area contributed by atoms with Crippen LogP contribution in [0.4, 0.5) is 5.69 Å². The van der Waals surface area contributed by atoms with E-state index in [9.17, 15) is 14.4 Å². The van der Waals surface area contributed by atoms with Crippen LogP contribution >= 0.6 is 15.9 Å². The Balaban J connectivity index is 2.47. The summed E-state index contributed by atoms with van der Waals surface area (Å²) < 4.78 is 5.79. The molecule has 2 rings (SSSR count). The van der Waals surface area contributed by atoms with Gasteiger partial charge in [-0.25, -0.2) is 4.79 Å². The lowest BCUT2D eigenvalue weighted by Crippen LogP contribution is -2.65. The van der Waals surface area contributed by atoms with E-state index in [4.69, 9.17) is 4.74 Å². The van der Waals surface area contributed by atoms with Gasteiger partial charge in [-0.1, -0.05) is 15.9 Å². The summed E-state index contributed by atoms with van der Waals surface area (Å²) in [6, 6.07) is 5.32. The second-order valence-corrected chi connectivity index (χ2v) is 5.66. The maximum atomic E-state index is 12.4.